The molecule has 5 heteroatoms. The third-order valence-electron chi connectivity index (χ3n) is 1.90. The lowest BCUT2D eigenvalue weighted by Crippen LogP contribution is -2.05. The van der Waals surface area contributed by atoms with Crippen LogP contribution in [-0.2, 0) is 6.18 Å². The van der Waals surface area contributed by atoms with Crippen LogP contribution < -0.4 is 0 Å². The highest BCUT2D eigenvalue weighted by Gasteiger charge is 2.30. The molecule has 1 aromatic carbocycles. The lowest BCUT2D eigenvalue weighted by Gasteiger charge is -2.07. The standard InChI is InChI=1S/C11H9ClF4/c12-6-2-1-3-8-4-5-9(7-10(8)13)11(14,15)16/h1,3-5,7H,2,6H2. The maximum atomic E-state index is 13.2. The van der Waals surface area contributed by atoms with Gasteiger partial charge in [-0.05, 0) is 18.6 Å². The Bertz CT molecular complexity index is 382. The van der Waals surface area contributed by atoms with E-state index in [9.17, 15) is 17.6 Å². The van der Waals surface area contributed by atoms with Gasteiger partial charge in [0.2, 0.25) is 0 Å². The van der Waals surface area contributed by atoms with Crippen LogP contribution in [0.2, 0.25) is 0 Å². The van der Waals surface area contributed by atoms with Crippen molar-refractivity contribution in [3.63, 3.8) is 0 Å². The van der Waals surface area contributed by atoms with Gasteiger partial charge in [-0.25, -0.2) is 4.39 Å². The van der Waals surface area contributed by atoms with Gasteiger partial charge in [-0.15, -0.1) is 11.6 Å². The molecular formula is C11H9ClF4. The molecule has 0 heterocycles. The number of benzene rings is 1. The smallest absolute Gasteiger partial charge is 0.206 e. The first kappa shape index (κ1) is 13.0. The van der Waals surface area contributed by atoms with E-state index in [1.165, 1.54) is 6.08 Å². The van der Waals surface area contributed by atoms with Crippen molar-refractivity contribution >= 4 is 17.7 Å². The van der Waals surface area contributed by atoms with Crippen LogP contribution in [0.4, 0.5) is 17.6 Å². The van der Waals surface area contributed by atoms with Gasteiger partial charge in [0.25, 0.3) is 0 Å². The zero-order chi connectivity index (χ0) is 12.2. The Kier molecular flexibility index (Phi) is 4.35. The number of allylic oxidation sites excluding steroid dienone is 1. The van der Waals surface area contributed by atoms with Crippen LogP contribution in [0.1, 0.15) is 17.5 Å². The van der Waals surface area contributed by atoms with E-state index in [4.69, 9.17) is 11.6 Å². The Hall–Kier alpha value is -1.03. The van der Waals surface area contributed by atoms with Crippen LogP contribution in [0.15, 0.2) is 24.3 Å². The molecule has 1 aromatic rings. The van der Waals surface area contributed by atoms with E-state index in [2.05, 4.69) is 0 Å². The van der Waals surface area contributed by atoms with Gasteiger partial charge in [0.1, 0.15) is 5.82 Å². The number of halogens is 5. The summed E-state index contributed by atoms with van der Waals surface area (Å²) in [5.41, 5.74) is -0.863. The summed E-state index contributed by atoms with van der Waals surface area (Å²) in [7, 11) is 0. The Labute approximate surface area is 95.5 Å². The second kappa shape index (κ2) is 5.34. The average molecular weight is 253 g/mol. The predicted octanol–water partition coefficient (Wildman–Crippen LogP) is 4.49. The fraction of sp³-hybridized carbons (Fsp3) is 0.273. The summed E-state index contributed by atoms with van der Waals surface area (Å²) < 4.78 is 49.8. The van der Waals surface area contributed by atoms with Crippen LogP contribution in [0.5, 0.6) is 0 Å². The minimum Gasteiger partial charge on any atom is -0.206 e. The van der Waals surface area contributed by atoms with Crippen LogP contribution in [0, 0.1) is 5.82 Å². The minimum absolute atomic E-state index is 0.123. The summed E-state index contributed by atoms with van der Waals surface area (Å²) in [6.45, 7) is 0. The van der Waals surface area contributed by atoms with Crippen LogP contribution in [-0.4, -0.2) is 5.88 Å². The molecule has 0 saturated carbocycles. The maximum Gasteiger partial charge on any atom is 0.416 e. The fourth-order valence-electron chi connectivity index (χ4n) is 1.11. The quantitative estimate of drug-likeness (QED) is 0.549. The summed E-state index contributed by atoms with van der Waals surface area (Å²) in [5, 5.41) is 0. The Balaban J connectivity index is 2.92. The molecule has 16 heavy (non-hydrogen) atoms. The SMILES string of the molecule is Fc1cc(C(F)(F)F)ccc1C=CCCCl. The molecule has 88 valence electrons. The summed E-state index contributed by atoms with van der Waals surface area (Å²) >= 11 is 5.40. The molecule has 0 saturated heterocycles. The van der Waals surface area contributed by atoms with Crippen LogP contribution in [0.25, 0.3) is 6.08 Å². The molecule has 0 N–H and O–H groups in total. The van der Waals surface area contributed by atoms with E-state index in [1.54, 1.807) is 6.08 Å². The monoisotopic (exact) mass is 252 g/mol. The van der Waals surface area contributed by atoms with Crippen molar-refractivity contribution in [1.29, 1.82) is 0 Å². The molecule has 0 bridgehead atoms. The highest BCUT2D eigenvalue weighted by atomic mass is 35.5. The Morgan fingerprint density at radius 3 is 2.44 bits per heavy atom. The number of rotatable bonds is 3. The molecule has 0 aromatic heterocycles. The molecule has 0 atom stereocenters. The predicted molar refractivity (Wildman–Crippen MR) is 55.8 cm³/mol. The topological polar surface area (TPSA) is 0 Å². The molecule has 0 nitrogen and oxygen atoms in total. The normalized spacial score (nSPS) is 12.3. The van der Waals surface area contributed by atoms with Gasteiger partial charge in [0, 0.05) is 11.4 Å². The molecular weight excluding hydrogens is 244 g/mol. The summed E-state index contributed by atoms with van der Waals surface area (Å²) in [6.07, 6.45) is -0.947. The largest absolute Gasteiger partial charge is 0.416 e. The van der Waals surface area contributed by atoms with E-state index in [1.807, 2.05) is 0 Å². The van der Waals surface area contributed by atoms with Crippen molar-refractivity contribution in [3.05, 3.63) is 41.2 Å². The van der Waals surface area contributed by atoms with Gasteiger partial charge in [-0.3, -0.25) is 0 Å². The molecule has 0 aliphatic heterocycles. The van der Waals surface area contributed by atoms with Crippen molar-refractivity contribution in [2.45, 2.75) is 12.6 Å². The van der Waals surface area contributed by atoms with Crippen LogP contribution in [0.3, 0.4) is 0 Å². The van der Waals surface area contributed by atoms with E-state index in [0.717, 1.165) is 12.1 Å². The molecule has 0 aliphatic rings. The van der Waals surface area contributed by atoms with Gasteiger partial charge in [0.05, 0.1) is 5.56 Å². The van der Waals surface area contributed by atoms with E-state index >= 15 is 0 Å². The Morgan fingerprint density at radius 2 is 1.94 bits per heavy atom. The van der Waals surface area contributed by atoms with E-state index < -0.39 is 17.6 Å². The molecule has 1 rings (SSSR count). The summed E-state index contributed by atoms with van der Waals surface area (Å²) in [4.78, 5) is 0. The molecule has 0 amide bonds. The van der Waals surface area contributed by atoms with Gasteiger partial charge in [-0.1, -0.05) is 18.2 Å². The van der Waals surface area contributed by atoms with Gasteiger partial charge in [-0.2, -0.15) is 13.2 Å². The van der Waals surface area contributed by atoms with Crippen molar-refractivity contribution in [2.24, 2.45) is 0 Å². The lowest BCUT2D eigenvalue weighted by molar-refractivity contribution is -0.137. The first-order chi connectivity index (χ1) is 7.45. The molecule has 0 unspecified atom stereocenters. The third-order valence-corrected chi connectivity index (χ3v) is 2.12. The van der Waals surface area contributed by atoms with Gasteiger partial charge < -0.3 is 0 Å². The second-order valence-electron chi connectivity index (χ2n) is 3.11. The zero-order valence-corrected chi connectivity index (χ0v) is 8.95. The first-order valence-electron chi connectivity index (χ1n) is 4.54. The zero-order valence-electron chi connectivity index (χ0n) is 8.19. The number of hydrogen-bond donors (Lipinski definition) is 0. The first-order valence-corrected chi connectivity index (χ1v) is 5.08. The fourth-order valence-corrected chi connectivity index (χ4v) is 1.24. The van der Waals surface area contributed by atoms with Crippen molar-refractivity contribution < 1.29 is 17.6 Å². The highest BCUT2D eigenvalue weighted by molar-refractivity contribution is 6.17. The molecule has 0 aliphatic carbocycles. The van der Waals surface area contributed by atoms with Gasteiger partial charge >= 0.3 is 6.18 Å². The van der Waals surface area contributed by atoms with E-state index in [-0.39, 0.29) is 5.56 Å². The molecule has 0 fully saturated rings. The van der Waals surface area contributed by atoms with Crippen molar-refractivity contribution in [2.75, 3.05) is 5.88 Å². The minimum atomic E-state index is -4.51. The van der Waals surface area contributed by atoms with Crippen molar-refractivity contribution in [3.8, 4) is 0 Å². The molecule has 0 spiro atoms. The second-order valence-corrected chi connectivity index (χ2v) is 3.49. The summed E-state index contributed by atoms with van der Waals surface area (Å²) in [5.74, 6) is -0.501. The summed E-state index contributed by atoms with van der Waals surface area (Å²) in [6, 6.07) is 2.44. The highest BCUT2D eigenvalue weighted by Crippen LogP contribution is 2.30. The Morgan fingerprint density at radius 1 is 1.25 bits per heavy atom. The maximum absolute atomic E-state index is 13.2. The lowest BCUT2D eigenvalue weighted by atomic mass is 10.1. The van der Waals surface area contributed by atoms with Crippen LogP contribution >= 0.6 is 11.6 Å². The van der Waals surface area contributed by atoms with Crippen molar-refractivity contribution in [1.82, 2.24) is 0 Å². The molecule has 0 radical (unpaired) electrons. The number of alkyl halides is 4. The van der Waals surface area contributed by atoms with Gasteiger partial charge in [0.15, 0.2) is 0 Å². The average Bonchev–Trinajstić information content (AvgIpc) is 2.19. The van der Waals surface area contributed by atoms with E-state index in [0.29, 0.717) is 18.4 Å². The number of hydrogen-bond acceptors (Lipinski definition) is 0. The third kappa shape index (κ3) is 3.52.